The molecule has 6 nitrogen and oxygen atoms in total. The molecule has 76 valence electrons. The third kappa shape index (κ3) is 3.34. The van der Waals surface area contributed by atoms with Gasteiger partial charge in [-0.1, -0.05) is 0 Å². The maximum Gasteiger partial charge on any atom is 0.303 e. The van der Waals surface area contributed by atoms with Gasteiger partial charge in [-0.2, -0.15) is 0 Å². The summed E-state index contributed by atoms with van der Waals surface area (Å²) in [6.45, 7) is 0.662. The van der Waals surface area contributed by atoms with E-state index in [1.165, 1.54) is 12.5 Å². The van der Waals surface area contributed by atoms with Crippen LogP contribution in [-0.4, -0.2) is 20.6 Å². The molecule has 1 rings (SSSR count). The van der Waals surface area contributed by atoms with E-state index in [4.69, 9.17) is 5.11 Å². The second kappa shape index (κ2) is 5.11. The summed E-state index contributed by atoms with van der Waals surface area (Å²) in [6.07, 6.45) is 4.59. The molecule has 0 fully saturated rings. The van der Waals surface area contributed by atoms with E-state index < -0.39 is 5.97 Å². The van der Waals surface area contributed by atoms with Crippen molar-refractivity contribution in [3.8, 4) is 0 Å². The summed E-state index contributed by atoms with van der Waals surface area (Å²) >= 11 is 0. The predicted octanol–water partition coefficient (Wildman–Crippen LogP) is 1.54. The van der Waals surface area contributed by atoms with Crippen molar-refractivity contribution in [2.24, 2.45) is 5.18 Å². The maximum absolute atomic E-state index is 10.2. The number of aliphatic carboxylic acids is 1. The zero-order chi connectivity index (χ0) is 10.4. The van der Waals surface area contributed by atoms with Crippen molar-refractivity contribution >= 4 is 11.8 Å². The fourth-order valence-electron chi connectivity index (χ4n) is 1.09. The van der Waals surface area contributed by atoms with Crippen LogP contribution in [0.2, 0.25) is 0 Å². The van der Waals surface area contributed by atoms with Gasteiger partial charge >= 0.3 is 5.97 Å². The molecular weight excluding hydrogens is 186 g/mol. The van der Waals surface area contributed by atoms with Crippen LogP contribution < -0.4 is 0 Å². The van der Waals surface area contributed by atoms with Gasteiger partial charge in [0.1, 0.15) is 0 Å². The molecule has 1 heterocycles. The van der Waals surface area contributed by atoms with E-state index in [-0.39, 0.29) is 12.2 Å². The van der Waals surface area contributed by atoms with Gasteiger partial charge in [0.05, 0.1) is 12.5 Å². The summed E-state index contributed by atoms with van der Waals surface area (Å²) in [7, 11) is 0. The van der Waals surface area contributed by atoms with Crippen molar-refractivity contribution in [3.63, 3.8) is 0 Å². The van der Waals surface area contributed by atoms with Crippen molar-refractivity contribution in [3.05, 3.63) is 17.4 Å². The number of nitroso groups, excluding NO2 is 1. The number of aryl methyl sites for hydroxylation is 1. The lowest BCUT2D eigenvalue weighted by Gasteiger charge is -1.99. The van der Waals surface area contributed by atoms with Crippen molar-refractivity contribution in [2.45, 2.75) is 25.8 Å². The Morgan fingerprint density at radius 2 is 2.36 bits per heavy atom. The smallest absolute Gasteiger partial charge is 0.303 e. The van der Waals surface area contributed by atoms with Crippen LogP contribution in [0.1, 0.15) is 19.3 Å². The molecule has 0 aromatic carbocycles. The van der Waals surface area contributed by atoms with Gasteiger partial charge in [0.15, 0.2) is 0 Å². The highest BCUT2D eigenvalue weighted by molar-refractivity contribution is 5.66. The Balaban J connectivity index is 2.24. The van der Waals surface area contributed by atoms with E-state index >= 15 is 0 Å². The van der Waals surface area contributed by atoms with Crippen molar-refractivity contribution in [1.29, 1.82) is 0 Å². The molecule has 0 amide bonds. The Morgan fingerprint density at radius 3 is 2.93 bits per heavy atom. The summed E-state index contributed by atoms with van der Waals surface area (Å²) in [4.78, 5) is 23.9. The monoisotopic (exact) mass is 197 g/mol. The summed E-state index contributed by atoms with van der Waals surface area (Å²) in [5, 5.41) is 11.0. The minimum absolute atomic E-state index is 0.156. The van der Waals surface area contributed by atoms with E-state index in [9.17, 15) is 9.70 Å². The molecule has 0 aliphatic carbocycles. The minimum atomic E-state index is -0.786. The van der Waals surface area contributed by atoms with E-state index in [1.807, 2.05) is 0 Å². The van der Waals surface area contributed by atoms with Gasteiger partial charge in [0, 0.05) is 13.0 Å². The van der Waals surface area contributed by atoms with Crippen LogP contribution in [0.5, 0.6) is 0 Å². The molecule has 0 saturated carbocycles. The second-order valence-corrected chi connectivity index (χ2v) is 2.91. The quantitative estimate of drug-likeness (QED) is 0.553. The first-order valence-electron chi connectivity index (χ1n) is 4.29. The summed E-state index contributed by atoms with van der Waals surface area (Å²) in [5.74, 6) is -0.630. The Labute approximate surface area is 80.5 Å². The van der Waals surface area contributed by atoms with Crippen molar-refractivity contribution in [2.75, 3.05) is 0 Å². The highest BCUT2D eigenvalue weighted by atomic mass is 16.4. The first kappa shape index (κ1) is 10.4. The number of aromatic nitrogens is 2. The molecule has 1 N–H and O–H groups in total. The average molecular weight is 197 g/mol. The lowest BCUT2D eigenvalue weighted by atomic mass is 10.2. The Morgan fingerprint density at radius 1 is 1.57 bits per heavy atom. The normalized spacial score (nSPS) is 10.0. The van der Waals surface area contributed by atoms with Gasteiger partial charge in [-0.25, -0.2) is 4.98 Å². The minimum Gasteiger partial charge on any atom is -0.481 e. The molecule has 6 heteroatoms. The third-order valence-electron chi connectivity index (χ3n) is 1.77. The molecule has 0 spiro atoms. The van der Waals surface area contributed by atoms with Crippen LogP contribution in [0.4, 0.5) is 5.82 Å². The molecule has 0 aliphatic rings. The highest BCUT2D eigenvalue weighted by Crippen LogP contribution is 2.07. The average Bonchev–Trinajstić information content (AvgIpc) is 2.60. The van der Waals surface area contributed by atoms with Gasteiger partial charge in [0.25, 0.3) is 0 Å². The van der Waals surface area contributed by atoms with E-state index in [2.05, 4.69) is 10.2 Å². The van der Waals surface area contributed by atoms with Gasteiger partial charge in [-0.05, 0) is 18.0 Å². The Kier molecular flexibility index (Phi) is 3.78. The molecule has 0 saturated heterocycles. The molecule has 0 bridgehead atoms. The topological polar surface area (TPSA) is 84.5 Å². The number of hydrogen-bond donors (Lipinski definition) is 1. The van der Waals surface area contributed by atoms with Gasteiger partial charge < -0.3 is 9.67 Å². The van der Waals surface area contributed by atoms with Crippen LogP contribution in [0.3, 0.4) is 0 Å². The lowest BCUT2D eigenvalue weighted by Crippen LogP contribution is -1.98. The number of carboxylic acid groups (broad SMARTS) is 1. The number of imidazole rings is 1. The Hall–Kier alpha value is -1.72. The summed E-state index contributed by atoms with van der Waals surface area (Å²) < 4.78 is 1.72. The Bertz CT molecular complexity index is 321. The fraction of sp³-hybridized carbons (Fsp3) is 0.500. The molecule has 0 radical (unpaired) electrons. The van der Waals surface area contributed by atoms with Gasteiger partial charge in [-0.15, -0.1) is 4.91 Å². The molecule has 0 aliphatic heterocycles. The van der Waals surface area contributed by atoms with E-state index in [0.29, 0.717) is 13.0 Å². The zero-order valence-corrected chi connectivity index (χ0v) is 7.59. The van der Waals surface area contributed by atoms with Crippen LogP contribution >= 0.6 is 0 Å². The number of nitrogens with zero attached hydrogens (tertiary/aromatic N) is 3. The molecule has 0 unspecified atom stereocenters. The molecule has 1 aromatic rings. The van der Waals surface area contributed by atoms with Crippen LogP contribution in [0, 0.1) is 4.91 Å². The maximum atomic E-state index is 10.2. The molecule has 14 heavy (non-hydrogen) atoms. The molecular formula is C8H11N3O3. The van der Waals surface area contributed by atoms with Crippen molar-refractivity contribution in [1.82, 2.24) is 9.55 Å². The van der Waals surface area contributed by atoms with Gasteiger partial charge in [0.2, 0.25) is 5.82 Å². The van der Waals surface area contributed by atoms with E-state index in [1.54, 1.807) is 4.57 Å². The third-order valence-corrected chi connectivity index (χ3v) is 1.77. The van der Waals surface area contributed by atoms with Crippen LogP contribution in [0.15, 0.2) is 17.7 Å². The standard InChI is InChI=1S/C8H11N3O3/c12-8(13)3-1-2-4-11-5-7(10-14)9-6-11/h5-6H,1-4H2,(H,12,13). The number of unbranched alkanes of at least 4 members (excludes halogenated alkanes) is 1. The number of carboxylic acids is 1. The second-order valence-electron chi connectivity index (χ2n) is 2.91. The molecule has 1 aromatic heterocycles. The summed E-state index contributed by atoms with van der Waals surface area (Å²) in [5.41, 5.74) is 0. The number of rotatable bonds is 6. The number of hydrogen-bond acceptors (Lipinski definition) is 4. The number of carbonyl (C=O) groups is 1. The predicted molar refractivity (Wildman–Crippen MR) is 49.2 cm³/mol. The summed E-state index contributed by atoms with van der Waals surface area (Å²) in [6, 6.07) is 0. The zero-order valence-electron chi connectivity index (χ0n) is 7.59. The largest absolute Gasteiger partial charge is 0.481 e. The van der Waals surface area contributed by atoms with Gasteiger partial charge in [-0.3, -0.25) is 4.79 Å². The first-order valence-corrected chi connectivity index (χ1v) is 4.29. The highest BCUT2D eigenvalue weighted by Gasteiger charge is 1.99. The first-order chi connectivity index (χ1) is 6.72. The van der Waals surface area contributed by atoms with Crippen molar-refractivity contribution < 1.29 is 9.90 Å². The van der Waals surface area contributed by atoms with Crippen LogP contribution in [0.25, 0.3) is 0 Å². The fourth-order valence-corrected chi connectivity index (χ4v) is 1.09. The lowest BCUT2D eigenvalue weighted by molar-refractivity contribution is -0.137. The molecule has 0 atom stereocenters. The SMILES string of the molecule is O=Nc1cn(CCCCC(=O)O)cn1. The van der Waals surface area contributed by atoms with Crippen LogP contribution in [-0.2, 0) is 11.3 Å². The van der Waals surface area contributed by atoms with E-state index in [0.717, 1.165) is 6.42 Å².